The molecule has 178 valence electrons. The topological polar surface area (TPSA) is 58.2 Å². The van der Waals surface area contributed by atoms with E-state index in [1.807, 2.05) is 13.8 Å². The average molecular weight is 489 g/mol. The van der Waals surface area contributed by atoms with Crippen LogP contribution < -0.4 is 10.6 Å². The van der Waals surface area contributed by atoms with Gasteiger partial charge in [-0.25, -0.2) is 0 Å². The largest absolute Gasteiger partial charge is 0.416 e. The summed E-state index contributed by atoms with van der Waals surface area (Å²) in [5.41, 5.74) is 1.66. The van der Waals surface area contributed by atoms with Crippen LogP contribution in [0.1, 0.15) is 50.7 Å². The Kier molecular flexibility index (Phi) is 6.10. The lowest BCUT2D eigenvalue weighted by atomic mass is 9.68. The van der Waals surface area contributed by atoms with Crippen LogP contribution in [-0.2, 0) is 15.8 Å². The molecule has 2 aliphatic rings. The Balaban J connectivity index is 1.78. The summed E-state index contributed by atoms with van der Waals surface area (Å²) < 4.78 is 39.4. The van der Waals surface area contributed by atoms with E-state index in [9.17, 15) is 22.8 Å². The predicted octanol–water partition coefficient (Wildman–Crippen LogP) is 6.60. The molecule has 1 unspecified atom stereocenters. The molecule has 2 N–H and O–H groups in total. The molecule has 1 aliphatic heterocycles. The number of dihydropyridines is 1. The van der Waals surface area contributed by atoms with Crippen LogP contribution in [0.25, 0.3) is 0 Å². The van der Waals surface area contributed by atoms with Crippen molar-refractivity contribution < 1.29 is 22.8 Å². The second-order valence-corrected chi connectivity index (χ2v) is 9.95. The molecule has 2 aromatic rings. The summed E-state index contributed by atoms with van der Waals surface area (Å²) in [6, 6.07) is 11.4. The standard InChI is InChI=1S/C26H24ClF3N2O2/c1-14-21(24(34)32-18-9-5-7-16(11-18)26(28,29)30)22(15-6-4-8-17(27)10-15)23-19(31-14)12-25(2,3)13-20(23)33/h4-11,22,31H,12-13H2,1-3H3,(H,32,34). The number of hydrogen-bond donors (Lipinski definition) is 2. The van der Waals surface area contributed by atoms with Crippen LogP contribution in [0.2, 0.25) is 5.02 Å². The molecule has 1 atom stereocenters. The molecule has 0 radical (unpaired) electrons. The first kappa shape index (κ1) is 24.1. The maximum absolute atomic E-state index is 13.5. The number of ketones is 1. The number of carbonyl (C=O) groups excluding carboxylic acids is 2. The van der Waals surface area contributed by atoms with Gasteiger partial charge in [-0.05, 0) is 54.7 Å². The van der Waals surface area contributed by atoms with Crippen molar-refractivity contribution in [1.29, 1.82) is 0 Å². The molecular weight excluding hydrogens is 465 g/mol. The summed E-state index contributed by atoms with van der Waals surface area (Å²) in [6.45, 7) is 5.76. The minimum Gasteiger partial charge on any atom is -0.362 e. The number of allylic oxidation sites excluding steroid dienone is 3. The molecule has 1 amide bonds. The third-order valence-electron chi connectivity index (χ3n) is 6.11. The van der Waals surface area contributed by atoms with E-state index in [-0.39, 0.29) is 22.5 Å². The molecule has 2 aromatic carbocycles. The predicted molar refractivity (Wildman–Crippen MR) is 125 cm³/mol. The number of halogens is 4. The van der Waals surface area contributed by atoms with E-state index in [4.69, 9.17) is 11.6 Å². The van der Waals surface area contributed by atoms with Crippen molar-refractivity contribution in [2.45, 2.75) is 45.7 Å². The Bertz CT molecular complexity index is 1240. The van der Waals surface area contributed by atoms with E-state index in [2.05, 4.69) is 10.6 Å². The maximum Gasteiger partial charge on any atom is 0.416 e. The number of carbonyl (C=O) groups is 2. The zero-order valence-corrected chi connectivity index (χ0v) is 19.7. The van der Waals surface area contributed by atoms with E-state index in [1.54, 1.807) is 31.2 Å². The Morgan fingerprint density at radius 2 is 1.82 bits per heavy atom. The Labute approximate surface area is 200 Å². The highest BCUT2D eigenvalue weighted by molar-refractivity contribution is 6.30. The number of nitrogens with one attached hydrogen (secondary N) is 2. The van der Waals surface area contributed by atoms with Crippen LogP contribution in [0, 0.1) is 5.41 Å². The fourth-order valence-corrected chi connectivity index (χ4v) is 4.93. The van der Waals surface area contributed by atoms with Gasteiger partial charge in [0.25, 0.3) is 5.91 Å². The van der Waals surface area contributed by atoms with Gasteiger partial charge in [0.05, 0.1) is 5.56 Å². The summed E-state index contributed by atoms with van der Waals surface area (Å²) in [5, 5.41) is 6.28. The Hall–Kier alpha value is -3.06. The number of Topliss-reactive ketones (excluding diaryl/α,β-unsaturated/α-hetero) is 1. The number of anilines is 1. The number of amides is 1. The third-order valence-corrected chi connectivity index (χ3v) is 6.35. The van der Waals surface area contributed by atoms with Crippen LogP contribution in [0.5, 0.6) is 0 Å². The van der Waals surface area contributed by atoms with Gasteiger partial charge >= 0.3 is 6.18 Å². The van der Waals surface area contributed by atoms with Crippen LogP contribution >= 0.6 is 11.6 Å². The third kappa shape index (κ3) is 4.75. The van der Waals surface area contributed by atoms with Gasteiger partial charge in [0.2, 0.25) is 0 Å². The van der Waals surface area contributed by atoms with Crippen molar-refractivity contribution in [2.24, 2.45) is 5.41 Å². The molecule has 34 heavy (non-hydrogen) atoms. The molecule has 1 aliphatic carbocycles. The molecule has 0 saturated heterocycles. The summed E-state index contributed by atoms with van der Waals surface area (Å²) in [7, 11) is 0. The number of rotatable bonds is 3. The first-order chi connectivity index (χ1) is 15.9. The van der Waals surface area contributed by atoms with Crippen molar-refractivity contribution >= 4 is 29.0 Å². The smallest absolute Gasteiger partial charge is 0.362 e. The summed E-state index contributed by atoms with van der Waals surface area (Å²) >= 11 is 6.23. The lowest BCUT2D eigenvalue weighted by Gasteiger charge is -2.39. The molecule has 0 spiro atoms. The van der Waals surface area contributed by atoms with Crippen molar-refractivity contribution in [3.63, 3.8) is 0 Å². The normalized spacial score (nSPS) is 20.1. The molecule has 8 heteroatoms. The van der Waals surface area contributed by atoms with Gasteiger partial charge in [0.1, 0.15) is 0 Å². The molecule has 4 rings (SSSR count). The lowest BCUT2D eigenvalue weighted by molar-refractivity contribution is -0.137. The van der Waals surface area contributed by atoms with E-state index < -0.39 is 23.6 Å². The summed E-state index contributed by atoms with van der Waals surface area (Å²) in [5.74, 6) is -1.34. The van der Waals surface area contributed by atoms with Crippen LogP contribution in [0.4, 0.5) is 18.9 Å². The van der Waals surface area contributed by atoms with Crippen LogP contribution in [0.3, 0.4) is 0 Å². The van der Waals surface area contributed by atoms with Gasteiger partial charge in [-0.3, -0.25) is 9.59 Å². The molecule has 0 aromatic heterocycles. The van der Waals surface area contributed by atoms with Gasteiger partial charge < -0.3 is 10.6 Å². The minimum absolute atomic E-state index is 0.0147. The van der Waals surface area contributed by atoms with Crippen molar-refractivity contribution in [3.05, 3.63) is 87.2 Å². The zero-order chi connectivity index (χ0) is 24.8. The fourth-order valence-electron chi connectivity index (χ4n) is 4.73. The van der Waals surface area contributed by atoms with Crippen molar-refractivity contribution in [3.8, 4) is 0 Å². The van der Waals surface area contributed by atoms with Gasteiger partial charge in [-0.1, -0.05) is 43.6 Å². The molecule has 1 heterocycles. The van der Waals surface area contributed by atoms with Gasteiger partial charge in [-0.2, -0.15) is 13.2 Å². The SMILES string of the molecule is CC1=C(C(=O)Nc2cccc(C(F)(F)F)c2)C(c2cccc(Cl)c2)C2=C(CC(C)(C)CC2=O)N1. The average Bonchev–Trinajstić information content (AvgIpc) is 2.71. The highest BCUT2D eigenvalue weighted by atomic mass is 35.5. The second-order valence-electron chi connectivity index (χ2n) is 9.52. The monoisotopic (exact) mass is 488 g/mol. The van der Waals surface area contributed by atoms with Crippen molar-refractivity contribution in [1.82, 2.24) is 5.32 Å². The lowest BCUT2D eigenvalue weighted by Crippen LogP contribution is -2.39. The van der Waals surface area contributed by atoms with E-state index >= 15 is 0 Å². The van der Waals surface area contributed by atoms with Crippen LogP contribution in [0.15, 0.2) is 71.1 Å². The van der Waals surface area contributed by atoms with E-state index in [0.717, 1.165) is 17.8 Å². The molecule has 0 saturated carbocycles. The second kappa shape index (κ2) is 8.62. The maximum atomic E-state index is 13.5. The quantitative estimate of drug-likeness (QED) is 0.511. The fraction of sp³-hybridized carbons (Fsp3) is 0.308. The summed E-state index contributed by atoms with van der Waals surface area (Å²) in [4.78, 5) is 26.7. The number of hydrogen-bond acceptors (Lipinski definition) is 3. The first-order valence-corrected chi connectivity index (χ1v) is 11.2. The minimum atomic E-state index is -4.54. The Morgan fingerprint density at radius 3 is 2.50 bits per heavy atom. The zero-order valence-electron chi connectivity index (χ0n) is 18.9. The van der Waals surface area contributed by atoms with Gasteiger partial charge in [-0.15, -0.1) is 0 Å². The molecule has 4 nitrogen and oxygen atoms in total. The molecule has 0 fully saturated rings. The highest BCUT2D eigenvalue weighted by Gasteiger charge is 2.42. The highest BCUT2D eigenvalue weighted by Crippen LogP contribution is 2.47. The van der Waals surface area contributed by atoms with Gasteiger partial charge in [0, 0.05) is 45.6 Å². The summed E-state index contributed by atoms with van der Waals surface area (Å²) in [6.07, 6.45) is -3.58. The van der Waals surface area contributed by atoms with E-state index in [1.165, 1.54) is 12.1 Å². The van der Waals surface area contributed by atoms with Crippen molar-refractivity contribution in [2.75, 3.05) is 5.32 Å². The Morgan fingerprint density at radius 1 is 1.12 bits per heavy atom. The van der Waals surface area contributed by atoms with Crippen LogP contribution in [-0.4, -0.2) is 11.7 Å². The van der Waals surface area contributed by atoms with Gasteiger partial charge in [0.15, 0.2) is 5.78 Å². The number of benzene rings is 2. The molecular formula is C26H24ClF3N2O2. The first-order valence-electron chi connectivity index (χ1n) is 10.8. The van der Waals surface area contributed by atoms with E-state index in [0.29, 0.717) is 34.7 Å². The number of alkyl halides is 3. The molecule has 0 bridgehead atoms.